The highest BCUT2D eigenvalue weighted by atomic mass is 35.5. The number of nitrogens with zero attached hydrogens (tertiary/aromatic N) is 3. The molecule has 0 N–H and O–H groups in total. The van der Waals surface area contributed by atoms with Gasteiger partial charge in [-0.15, -0.1) is 11.6 Å². The first kappa shape index (κ1) is 24.0. The monoisotopic (exact) mass is 489 g/mol. The van der Waals surface area contributed by atoms with E-state index in [0.29, 0.717) is 22.2 Å². The lowest BCUT2D eigenvalue weighted by Gasteiger charge is -2.27. The van der Waals surface area contributed by atoms with Crippen molar-refractivity contribution in [2.75, 3.05) is 12.5 Å². The quantitative estimate of drug-likeness (QED) is 0.363. The number of hydrogen-bond acceptors (Lipinski definition) is 6. The third kappa shape index (κ3) is 5.39. The molecule has 0 fully saturated rings. The second-order valence-electron chi connectivity index (χ2n) is 7.57. The first-order valence-corrected chi connectivity index (χ1v) is 12.0. The molecule has 1 aromatic heterocycles. The summed E-state index contributed by atoms with van der Waals surface area (Å²) in [5.74, 6) is 0.736. The smallest absolute Gasteiger partial charge is 0.155 e. The van der Waals surface area contributed by atoms with Crippen LogP contribution in [-0.2, 0) is 21.9 Å². The standard InChI is InChI=1S/C23H21Cl2N3O3S/c1-23(2,19-9-16(11-26)22(20(25)10-19)31-8-7-24)18-5-3-15(4-6-18)17-12-27-21(28-13-17)14-32(29)30/h3-6,9-10,12-13,32H,7-8,14H2,1-2H3. The number of nitriles is 1. The molecule has 0 aliphatic carbocycles. The molecule has 3 rings (SSSR count). The Bertz CT molecular complexity index is 1210. The molecule has 32 heavy (non-hydrogen) atoms. The van der Waals surface area contributed by atoms with Gasteiger partial charge >= 0.3 is 0 Å². The fourth-order valence-electron chi connectivity index (χ4n) is 3.27. The number of thiol groups is 1. The molecule has 0 saturated heterocycles. The number of rotatable bonds is 8. The predicted octanol–water partition coefficient (Wildman–Crippen LogP) is 4.72. The van der Waals surface area contributed by atoms with E-state index in [9.17, 15) is 13.7 Å². The first-order chi connectivity index (χ1) is 15.3. The van der Waals surface area contributed by atoms with Crippen molar-refractivity contribution in [2.24, 2.45) is 0 Å². The van der Waals surface area contributed by atoms with Crippen LogP contribution in [0, 0.1) is 11.3 Å². The van der Waals surface area contributed by atoms with Crippen molar-refractivity contribution in [3.05, 3.63) is 76.3 Å². The Morgan fingerprint density at radius 3 is 2.28 bits per heavy atom. The summed E-state index contributed by atoms with van der Waals surface area (Å²) in [6.07, 6.45) is 3.22. The van der Waals surface area contributed by atoms with E-state index in [1.807, 2.05) is 30.3 Å². The van der Waals surface area contributed by atoms with E-state index in [1.54, 1.807) is 18.5 Å². The van der Waals surface area contributed by atoms with Crippen LogP contribution in [0.15, 0.2) is 48.8 Å². The summed E-state index contributed by atoms with van der Waals surface area (Å²) in [5.41, 5.74) is 3.52. The van der Waals surface area contributed by atoms with Gasteiger partial charge in [0.25, 0.3) is 0 Å². The zero-order valence-electron chi connectivity index (χ0n) is 17.5. The minimum absolute atomic E-state index is 0.175. The lowest BCUT2D eigenvalue weighted by Crippen LogP contribution is -2.19. The van der Waals surface area contributed by atoms with Crippen LogP contribution in [0.25, 0.3) is 11.1 Å². The van der Waals surface area contributed by atoms with Crippen molar-refractivity contribution in [3.63, 3.8) is 0 Å². The van der Waals surface area contributed by atoms with Crippen molar-refractivity contribution < 1.29 is 13.2 Å². The Hall–Kier alpha value is -2.66. The molecule has 2 aromatic carbocycles. The molecule has 0 saturated carbocycles. The van der Waals surface area contributed by atoms with Gasteiger partial charge in [0.1, 0.15) is 35.0 Å². The van der Waals surface area contributed by atoms with Crippen LogP contribution in [0.5, 0.6) is 5.75 Å². The summed E-state index contributed by atoms with van der Waals surface area (Å²) in [6, 6.07) is 13.6. The minimum atomic E-state index is -2.56. The number of hydrogen-bond donors (Lipinski definition) is 1. The maximum atomic E-state index is 10.8. The van der Waals surface area contributed by atoms with Gasteiger partial charge in [-0.1, -0.05) is 49.7 Å². The highest BCUT2D eigenvalue weighted by Crippen LogP contribution is 2.38. The van der Waals surface area contributed by atoms with E-state index < -0.39 is 16.1 Å². The summed E-state index contributed by atoms with van der Waals surface area (Å²) < 4.78 is 27.2. The van der Waals surface area contributed by atoms with Crippen LogP contribution in [0.1, 0.15) is 36.4 Å². The topological polar surface area (TPSA) is 92.9 Å². The summed E-state index contributed by atoms with van der Waals surface area (Å²) in [5, 5.41) is 9.93. The molecule has 6 nitrogen and oxygen atoms in total. The molecular formula is C23H21Cl2N3O3S. The van der Waals surface area contributed by atoms with E-state index in [2.05, 4.69) is 29.9 Å². The molecule has 3 aromatic rings. The van der Waals surface area contributed by atoms with Gasteiger partial charge in [-0.3, -0.25) is 0 Å². The fraction of sp³-hybridized carbons (Fsp3) is 0.261. The van der Waals surface area contributed by atoms with Gasteiger partial charge < -0.3 is 4.74 Å². The Morgan fingerprint density at radius 2 is 1.72 bits per heavy atom. The Labute approximate surface area is 198 Å². The lowest BCUT2D eigenvalue weighted by molar-refractivity contribution is 0.341. The van der Waals surface area contributed by atoms with E-state index in [0.717, 1.165) is 22.3 Å². The van der Waals surface area contributed by atoms with Gasteiger partial charge in [0.05, 0.1) is 16.5 Å². The van der Waals surface area contributed by atoms with Gasteiger partial charge in [0, 0.05) is 23.4 Å². The molecule has 0 atom stereocenters. The average Bonchev–Trinajstić information content (AvgIpc) is 2.78. The lowest BCUT2D eigenvalue weighted by atomic mass is 9.77. The van der Waals surface area contributed by atoms with Crippen molar-refractivity contribution in [1.29, 1.82) is 5.26 Å². The molecule has 9 heteroatoms. The van der Waals surface area contributed by atoms with Gasteiger partial charge in [-0.05, 0) is 28.8 Å². The van der Waals surface area contributed by atoms with Crippen LogP contribution in [0.3, 0.4) is 0 Å². The summed E-state index contributed by atoms with van der Waals surface area (Å²) in [7, 11) is -2.56. The molecule has 0 bridgehead atoms. The second kappa shape index (κ2) is 10.3. The van der Waals surface area contributed by atoms with Crippen molar-refractivity contribution in [1.82, 2.24) is 9.97 Å². The van der Waals surface area contributed by atoms with Crippen molar-refractivity contribution >= 4 is 33.9 Å². The fourth-order valence-corrected chi connectivity index (χ4v) is 4.02. The third-order valence-corrected chi connectivity index (χ3v) is 6.10. The molecule has 0 radical (unpaired) electrons. The van der Waals surface area contributed by atoms with Gasteiger partial charge in [-0.2, -0.15) is 5.26 Å². The van der Waals surface area contributed by atoms with Gasteiger partial charge in [-0.25, -0.2) is 18.4 Å². The van der Waals surface area contributed by atoms with Crippen LogP contribution >= 0.6 is 23.2 Å². The van der Waals surface area contributed by atoms with Gasteiger partial charge in [0.15, 0.2) is 5.75 Å². The largest absolute Gasteiger partial charge is 0.489 e. The van der Waals surface area contributed by atoms with Gasteiger partial charge in [0.2, 0.25) is 0 Å². The SMILES string of the molecule is CC(C)(c1ccc(-c2cnc(C[SH](=O)=O)nc2)cc1)c1cc(Cl)c(OCCCl)c(C#N)c1. The average molecular weight is 490 g/mol. The first-order valence-electron chi connectivity index (χ1n) is 9.72. The summed E-state index contributed by atoms with van der Waals surface area (Å²) in [4.78, 5) is 8.22. The predicted molar refractivity (Wildman–Crippen MR) is 126 cm³/mol. The maximum Gasteiger partial charge on any atom is 0.155 e. The third-order valence-electron chi connectivity index (χ3n) is 5.13. The molecule has 166 valence electrons. The minimum Gasteiger partial charge on any atom is -0.489 e. The van der Waals surface area contributed by atoms with E-state index in [4.69, 9.17) is 27.9 Å². The van der Waals surface area contributed by atoms with Crippen LogP contribution in [0.2, 0.25) is 5.02 Å². The molecule has 0 aliphatic rings. The van der Waals surface area contributed by atoms with E-state index in [-0.39, 0.29) is 18.2 Å². The second-order valence-corrected chi connectivity index (χ2v) is 9.33. The molecule has 0 aliphatic heterocycles. The molecule has 0 amide bonds. The van der Waals surface area contributed by atoms with Crippen molar-refractivity contribution in [2.45, 2.75) is 25.0 Å². The number of alkyl halides is 1. The summed E-state index contributed by atoms with van der Waals surface area (Å²) in [6.45, 7) is 4.37. The van der Waals surface area contributed by atoms with E-state index >= 15 is 0 Å². The Kier molecular flexibility index (Phi) is 7.73. The normalized spacial score (nSPS) is 11.4. The molecule has 0 unspecified atom stereocenters. The highest BCUT2D eigenvalue weighted by molar-refractivity contribution is 7.71. The number of halogens is 2. The number of benzene rings is 2. The number of ether oxygens (including phenoxy) is 1. The number of aromatic nitrogens is 2. The maximum absolute atomic E-state index is 10.8. The molecular weight excluding hydrogens is 469 g/mol. The van der Waals surface area contributed by atoms with Crippen LogP contribution < -0.4 is 4.74 Å². The summed E-state index contributed by atoms with van der Waals surface area (Å²) >= 11 is 12.1. The highest BCUT2D eigenvalue weighted by Gasteiger charge is 2.26. The molecule has 1 heterocycles. The van der Waals surface area contributed by atoms with E-state index in [1.165, 1.54) is 0 Å². The van der Waals surface area contributed by atoms with Crippen LogP contribution in [0.4, 0.5) is 0 Å². The zero-order chi connectivity index (χ0) is 23.3. The zero-order valence-corrected chi connectivity index (χ0v) is 19.9. The Morgan fingerprint density at radius 1 is 1.06 bits per heavy atom. The van der Waals surface area contributed by atoms with Crippen molar-refractivity contribution in [3.8, 4) is 22.9 Å². The Balaban J connectivity index is 1.89. The van der Waals surface area contributed by atoms with Crippen LogP contribution in [-0.4, -0.2) is 30.9 Å². The molecule has 0 spiro atoms.